The number of carbonyl (C=O) groups excluding carboxylic acids is 1. The zero-order chi connectivity index (χ0) is 17.6. The molecule has 0 spiro atoms. The summed E-state index contributed by atoms with van der Waals surface area (Å²) in [6, 6.07) is 14.3. The second-order valence-corrected chi connectivity index (χ2v) is 5.76. The van der Waals surface area contributed by atoms with Gasteiger partial charge < -0.3 is 10.1 Å². The lowest BCUT2D eigenvalue weighted by Crippen LogP contribution is -2.31. The Labute approximate surface area is 149 Å². The van der Waals surface area contributed by atoms with Crippen LogP contribution >= 0.6 is 11.6 Å². The van der Waals surface area contributed by atoms with Gasteiger partial charge in [-0.05, 0) is 41.1 Å². The minimum atomic E-state index is -0.236. The molecule has 1 N–H and O–H groups in total. The van der Waals surface area contributed by atoms with Crippen LogP contribution < -0.4 is 10.1 Å². The molecule has 3 rings (SSSR count). The van der Waals surface area contributed by atoms with Gasteiger partial charge in [-0.25, -0.2) is 4.68 Å². The SMILES string of the molecule is C[C@@H](NC(=O)COc1cccc(-n2cnnn2)c1)c1ccccc1Cl. The number of tetrazole rings is 1. The average molecular weight is 358 g/mol. The summed E-state index contributed by atoms with van der Waals surface area (Å²) in [5.74, 6) is 0.314. The van der Waals surface area contributed by atoms with E-state index in [2.05, 4.69) is 20.8 Å². The quantitative estimate of drug-likeness (QED) is 0.733. The van der Waals surface area contributed by atoms with Crippen LogP contribution in [0, 0.1) is 0 Å². The number of benzene rings is 2. The molecule has 7 nitrogen and oxygen atoms in total. The molecular weight excluding hydrogens is 342 g/mol. The highest BCUT2D eigenvalue weighted by atomic mass is 35.5. The van der Waals surface area contributed by atoms with Gasteiger partial charge in [0.1, 0.15) is 12.1 Å². The van der Waals surface area contributed by atoms with Crippen LogP contribution in [0.25, 0.3) is 5.69 Å². The van der Waals surface area contributed by atoms with Gasteiger partial charge in [0.15, 0.2) is 6.61 Å². The molecule has 0 aliphatic heterocycles. The van der Waals surface area contributed by atoms with Crippen LogP contribution in [0.3, 0.4) is 0 Å². The lowest BCUT2D eigenvalue weighted by Gasteiger charge is -2.16. The number of rotatable bonds is 6. The van der Waals surface area contributed by atoms with Crippen molar-refractivity contribution in [1.82, 2.24) is 25.5 Å². The molecule has 0 radical (unpaired) electrons. The lowest BCUT2D eigenvalue weighted by atomic mass is 10.1. The lowest BCUT2D eigenvalue weighted by molar-refractivity contribution is -0.123. The predicted octanol–water partition coefficient (Wildman–Crippen LogP) is 2.57. The van der Waals surface area contributed by atoms with Gasteiger partial charge in [-0.3, -0.25) is 4.79 Å². The van der Waals surface area contributed by atoms with E-state index in [1.807, 2.05) is 31.2 Å². The highest BCUT2D eigenvalue weighted by molar-refractivity contribution is 6.31. The van der Waals surface area contributed by atoms with Gasteiger partial charge in [-0.15, -0.1) is 5.10 Å². The monoisotopic (exact) mass is 357 g/mol. The molecule has 0 unspecified atom stereocenters. The van der Waals surface area contributed by atoms with Crippen LogP contribution in [0.15, 0.2) is 54.9 Å². The van der Waals surface area contributed by atoms with Gasteiger partial charge >= 0.3 is 0 Å². The fraction of sp³-hybridized carbons (Fsp3) is 0.176. The van der Waals surface area contributed by atoms with Crippen molar-refractivity contribution >= 4 is 17.5 Å². The number of hydrogen-bond donors (Lipinski definition) is 1. The molecular formula is C17H16ClN5O2. The van der Waals surface area contributed by atoms with Crippen molar-refractivity contribution in [1.29, 1.82) is 0 Å². The standard InChI is InChI=1S/C17H16ClN5O2/c1-12(15-7-2-3-8-16(15)18)20-17(24)10-25-14-6-4-5-13(9-14)23-11-19-21-22-23/h2-9,11-12H,10H2,1H3,(H,20,24)/t12-/m1/s1. The maximum absolute atomic E-state index is 12.1. The van der Waals surface area contributed by atoms with Crippen molar-refractivity contribution in [3.63, 3.8) is 0 Å². The number of nitrogens with one attached hydrogen (secondary N) is 1. The maximum atomic E-state index is 12.1. The number of halogens is 1. The van der Waals surface area contributed by atoms with Crippen molar-refractivity contribution in [3.8, 4) is 11.4 Å². The Kier molecular flexibility index (Phi) is 5.25. The second kappa shape index (κ2) is 7.76. The molecule has 128 valence electrons. The topological polar surface area (TPSA) is 81.9 Å². The van der Waals surface area contributed by atoms with Crippen molar-refractivity contribution in [3.05, 3.63) is 65.4 Å². The summed E-state index contributed by atoms with van der Waals surface area (Å²) in [5.41, 5.74) is 1.60. The van der Waals surface area contributed by atoms with E-state index in [-0.39, 0.29) is 18.6 Å². The van der Waals surface area contributed by atoms with E-state index < -0.39 is 0 Å². The van der Waals surface area contributed by atoms with Crippen LogP contribution in [0.5, 0.6) is 5.75 Å². The molecule has 0 saturated carbocycles. The first kappa shape index (κ1) is 16.9. The molecule has 2 aromatic carbocycles. The molecule has 0 fully saturated rings. The summed E-state index contributed by atoms with van der Waals surface area (Å²) in [7, 11) is 0. The zero-order valence-corrected chi connectivity index (χ0v) is 14.2. The smallest absolute Gasteiger partial charge is 0.258 e. The van der Waals surface area contributed by atoms with Gasteiger partial charge in [0.2, 0.25) is 0 Å². The Hall–Kier alpha value is -2.93. The first-order valence-electron chi connectivity index (χ1n) is 7.63. The molecule has 1 heterocycles. The summed E-state index contributed by atoms with van der Waals surface area (Å²) in [6.45, 7) is 1.77. The summed E-state index contributed by atoms with van der Waals surface area (Å²) in [4.78, 5) is 12.1. The van der Waals surface area contributed by atoms with Crippen LogP contribution in [0.4, 0.5) is 0 Å². The van der Waals surface area contributed by atoms with E-state index in [0.717, 1.165) is 11.3 Å². The fourth-order valence-corrected chi connectivity index (χ4v) is 2.63. The molecule has 0 saturated heterocycles. The Morgan fingerprint density at radius 2 is 2.12 bits per heavy atom. The number of carbonyl (C=O) groups is 1. The van der Waals surface area contributed by atoms with E-state index in [9.17, 15) is 4.79 Å². The molecule has 0 aliphatic carbocycles. The first-order chi connectivity index (χ1) is 12.1. The first-order valence-corrected chi connectivity index (χ1v) is 8.01. The van der Waals surface area contributed by atoms with Crippen molar-refractivity contribution in [2.75, 3.05) is 6.61 Å². The van der Waals surface area contributed by atoms with Crippen molar-refractivity contribution < 1.29 is 9.53 Å². The minimum absolute atomic E-state index is 0.103. The van der Waals surface area contributed by atoms with E-state index in [1.54, 1.807) is 24.3 Å². The van der Waals surface area contributed by atoms with E-state index >= 15 is 0 Å². The average Bonchev–Trinajstić information content (AvgIpc) is 3.15. The van der Waals surface area contributed by atoms with Gasteiger partial charge in [0.25, 0.3) is 5.91 Å². The number of amides is 1. The fourth-order valence-electron chi connectivity index (χ4n) is 2.33. The van der Waals surface area contributed by atoms with Crippen LogP contribution in [0.2, 0.25) is 5.02 Å². The van der Waals surface area contributed by atoms with E-state index in [4.69, 9.17) is 16.3 Å². The Morgan fingerprint density at radius 1 is 1.28 bits per heavy atom. The molecule has 1 atom stereocenters. The number of nitrogens with zero attached hydrogens (tertiary/aromatic N) is 4. The normalized spacial score (nSPS) is 11.8. The number of hydrogen-bond acceptors (Lipinski definition) is 5. The van der Waals surface area contributed by atoms with Crippen LogP contribution in [-0.4, -0.2) is 32.7 Å². The van der Waals surface area contributed by atoms with E-state index in [1.165, 1.54) is 11.0 Å². The Morgan fingerprint density at radius 3 is 2.88 bits per heavy atom. The van der Waals surface area contributed by atoms with Gasteiger partial charge in [-0.2, -0.15) is 0 Å². The third kappa shape index (κ3) is 4.33. The summed E-state index contributed by atoms with van der Waals surface area (Å²) in [6.07, 6.45) is 1.48. The number of ether oxygens (including phenoxy) is 1. The molecule has 8 heteroatoms. The number of aromatic nitrogens is 4. The van der Waals surface area contributed by atoms with Crippen LogP contribution in [0.1, 0.15) is 18.5 Å². The molecule has 0 aliphatic rings. The largest absolute Gasteiger partial charge is 0.484 e. The summed E-state index contributed by atoms with van der Waals surface area (Å²) >= 11 is 6.14. The van der Waals surface area contributed by atoms with Gasteiger partial charge in [0, 0.05) is 11.1 Å². The van der Waals surface area contributed by atoms with E-state index in [0.29, 0.717) is 10.8 Å². The second-order valence-electron chi connectivity index (χ2n) is 5.35. The maximum Gasteiger partial charge on any atom is 0.258 e. The summed E-state index contributed by atoms with van der Waals surface area (Å²) < 4.78 is 7.05. The van der Waals surface area contributed by atoms with Crippen molar-refractivity contribution in [2.24, 2.45) is 0 Å². The molecule has 3 aromatic rings. The molecule has 1 aromatic heterocycles. The van der Waals surface area contributed by atoms with Gasteiger partial charge in [0.05, 0.1) is 11.7 Å². The third-order valence-electron chi connectivity index (χ3n) is 3.55. The third-order valence-corrected chi connectivity index (χ3v) is 3.89. The molecule has 25 heavy (non-hydrogen) atoms. The molecule has 1 amide bonds. The highest BCUT2D eigenvalue weighted by Gasteiger charge is 2.12. The van der Waals surface area contributed by atoms with Gasteiger partial charge in [-0.1, -0.05) is 35.9 Å². The minimum Gasteiger partial charge on any atom is -0.484 e. The van der Waals surface area contributed by atoms with Crippen LogP contribution in [-0.2, 0) is 4.79 Å². The summed E-state index contributed by atoms with van der Waals surface area (Å²) in [5, 5.41) is 14.5. The predicted molar refractivity (Wildman–Crippen MR) is 92.7 cm³/mol. The Bertz CT molecular complexity index is 854. The zero-order valence-electron chi connectivity index (χ0n) is 13.5. The Balaban J connectivity index is 1.58. The molecule has 0 bridgehead atoms. The highest BCUT2D eigenvalue weighted by Crippen LogP contribution is 2.22. The van der Waals surface area contributed by atoms with Crippen molar-refractivity contribution in [2.45, 2.75) is 13.0 Å².